The molecule has 1 amide bonds. The van der Waals surface area contributed by atoms with E-state index in [4.69, 9.17) is 16.9 Å². The second kappa shape index (κ2) is 8.66. The summed E-state index contributed by atoms with van der Waals surface area (Å²) in [5.41, 5.74) is 3.04. The van der Waals surface area contributed by atoms with Gasteiger partial charge >= 0.3 is 6.18 Å². The van der Waals surface area contributed by atoms with E-state index in [9.17, 15) is 22.4 Å². The lowest BCUT2D eigenvalue weighted by atomic mass is 9.89. The molecule has 0 aromatic carbocycles. The molecule has 0 unspecified atom stereocenters. The second-order valence-electron chi connectivity index (χ2n) is 6.79. The number of nitrogens with two attached hydrogens (primary N) is 1. The van der Waals surface area contributed by atoms with E-state index >= 15 is 0 Å². The van der Waals surface area contributed by atoms with E-state index in [1.54, 1.807) is 0 Å². The van der Waals surface area contributed by atoms with E-state index in [2.05, 4.69) is 35.9 Å². The number of halogens is 4. The minimum Gasteiger partial charge on any atom is -0.463 e. The topological polar surface area (TPSA) is 125 Å². The predicted octanol–water partition coefficient (Wildman–Crippen LogP) is 2.16. The van der Waals surface area contributed by atoms with Gasteiger partial charge in [-0.15, -0.1) is 6.42 Å². The summed E-state index contributed by atoms with van der Waals surface area (Å²) in [6, 6.07) is 1.32. The molecule has 1 aliphatic heterocycles. The molecule has 2 aromatic heterocycles. The van der Waals surface area contributed by atoms with Crippen LogP contribution in [0.25, 0.3) is 0 Å². The molecule has 0 saturated heterocycles. The number of amides is 1. The molecule has 9 nitrogen and oxygen atoms in total. The van der Waals surface area contributed by atoms with Crippen molar-refractivity contribution in [2.45, 2.75) is 31.2 Å². The molecule has 0 fully saturated rings. The molecule has 2 atom stereocenters. The number of amidine groups is 1. The number of nitrogens with zero attached hydrogens (tertiary/aromatic N) is 4. The fourth-order valence-electron chi connectivity index (χ4n) is 2.89. The molecule has 1 aliphatic rings. The number of rotatable bonds is 5. The molecular weight excluding hydrogens is 436 g/mol. The number of anilines is 1. The van der Waals surface area contributed by atoms with Gasteiger partial charge in [0, 0.05) is 6.42 Å². The predicted molar refractivity (Wildman–Crippen MR) is 103 cm³/mol. The summed E-state index contributed by atoms with van der Waals surface area (Å²) >= 11 is 0. The number of nitrogens with one attached hydrogen (secondary N) is 1. The van der Waals surface area contributed by atoms with Crippen LogP contribution in [0.2, 0.25) is 0 Å². The highest BCUT2D eigenvalue weighted by atomic mass is 19.4. The zero-order chi connectivity index (χ0) is 23.5. The normalized spacial score (nSPS) is 20.5. The van der Waals surface area contributed by atoms with Gasteiger partial charge in [0.05, 0.1) is 12.4 Å². The maximum atomic E-state index is 14.5. The SMILES string of the molecule is C#CCOc1cnc(C(=O)Nc2ccc(F)c([C@]3(C)C[C@@H](C(F)(F)F)OC(N)=N3)n2)cn1. The zero-order valence-corrected chi connectivity index (χ0v) is 16.5. The van der Waals surface area contributed by atoms with Gasteiger partial charge in [0.1, 0.15) is 28.6 Å². The van der Waals surface area contributed by atoms with E-state index < -0.39 is 47.7 Å². The molecule has 0 bridgehead atoms. The summed E-state index contributed by atoms with van der Waals surface area (Å²) in [4.78, 5) is 27.9. The lowest BCUT2D eigenvalue weighted by molar-refractivity contribution is -0.208. The van der Waals surface area contributed by atoms with Gasteiger partial charge in [-0.25, -0.2) is 24.3 Å². The van der Waals surface area contributed by atoms with Crippen LogP contribution in [0.1, 0.15) is 29.5 Å². The Labute approximate surface area is 179 Å². The highest BCUT2D eigenvalue weighted by Gasteiger charge is 2.50. The van der Waals surface area contributed by atoms with Crippen molar-refractivity contribution in [3.8, 4) is 18.2 Å². The molecule has 0 aliphatic carbocycles. The van der Waals surface area contributed by atoms with E-state index in [-0.39, 0.29) is 24.0 Å². The van der Waals surface area contributed by atoms with Gasteiger partial charge in [0.2, 0.25) is 5.88 Å². The Morgan fingerprint density at radius 3 is 2.78 bits per heavy atom. The van der Waals surface area contributed by atoms with Crippen molar-refractivity contribution >= 4 is 17.7 Å². The fourth-order valence-corrected chi connectivity index (χ4v) is 2.89. The Kier molecular flexibility index (Phi) is 6.15. The van der Waals surface area contributed by atoms with Gasteiger partial charge in [-0.2, -0.15) is 13.2 Å². The summed E-state index contributed by atoms with van der Waals surface area (Å²) in [5.74, 6) is 0.516. The van der Waals surface area contributed by atoms with Crippen molar-refractivity contribution in [3.63, 3.8) is 0 Å². The molecule has 3 rings (SSSR count). The summed E-state index contributed by atoms with van der Waals surface area (Å²) in [5, 5.41) is 2.37. The van der Waals surface area contributed by atoms with E-state index in [0.29, 0.717) is 0 Å². The second-order valence-corrected chi connectivity index (χ2v) is 6.79. The van der Waals surface area contributed by atoms with Crippen molar-refractivity contribution in [2.24, 2.45) is 10.7 Å². The van der Waals surface area contributed by atoms with Gasteiger partial charge in [-0.3, -0.25) is 4.79 Å². The van der Waals surface area contributed by atoms with Crippen LogP contribution in [0.5, 0.6) is 5.88 Å². The number of aliphatic imine (C=N–C) groups is 1. The molecular formula is C19H16F4N6O3. The molecule has 0 saturated carbocycles. The molecule has 2 aromatic rings. The molecule has 3 N–H and O–H groups in total. The first-order valence-electron chi connectivity index (χ1n) is 8.97. The summed E-state index contributed by atoms with van der Waals surface area (Å²) in [6.45, 7) is 1.20. The molecule has 0 spiro atoms. The molecule has 13 heteroatoms. The maximum absolute atomic E-state index is 14.5. The number of pyridine rings is 1. The Morgan fingerprint density at radius 1 is 1.41 bits per heavy atom. The summed E-state index contributed by atoms with van der Waals surface area (Å²) in [7, 11) is 0. The number of carbonyl (C=O) groups is 1. The van der Waals surface area contributed by atoms with Crippen molar-refractivity contribution in [2.75, 3.05) is 11.9 Å². The number of alkyl halides is 3. The minimum atomic E-state index is -4.75. The van der Waals surface area contributed by atoms with Crippen LogP contribution in [0.4, 0.5) is 23.4 Å². The zero-order valence-electron chi connectivity index (χ0n) is 16.5. The lowest BCUT2D eigenvalue weighted by Gasteiger charge is -2.35. The first-order chi connectivity index (χ1) is 15.0. The quantitative estimate of drug-likeness (QED) is 0.526. The van der Waals surface area contributed by atoms with Crippen molar-refractivity contribution in [1.82, 2.24) is 15.0 Å². The van der Waals surface area contributed by atoms with Gasteiger partial charge < -0.3 is 20.5 Å². The number of carbonyl (C=O) groups excluding carboxylic acids is 1. The highest BCUT2D eigenvalue weighted by molar-refractivity contribution is 6.02. The molecule has 0 radical (unpaired) electrons. The monoisotopic (exact) mass is 452 g/mol. The van der Waals surface area contributed by atoms with Crippen LogP contribution in [0.15, 0.2) is 29.5 Å². The van der Waals surface area contributed by atoms with Crippen LogP contribution in [0.3, 0.4) is 0 Å². The highest BCUT2D eigenvalue weighted by Crippen LogP contribution is 2.40. The first kappa shape index (κ1) is 22.7. The van der Waals surface area contributed by atoms with E-state index in [1.165, 1.54) is 13.1 Å². The number of aromatic nitrogens is 3. The standard InChI is InChI=1S/C19H16F4N6O3/c1-3-6-31-14-9-25-11(8-26-14)16(30)28-13-5-4-10(20)15(27-13)18(2)7-12(19(21,22)23)32-17(24)29-18/h1,4-5,8-9,12H,6-7H2,2H3,(H2,24,29)(H,27,28,30)/t12-,18-/m0/s1. The van der Waals surface area contributed by atoms with Crippen molar-refractivity contribution < 1.29 is 31.8 Å². The van der Waals surface area contributed by atoms with Crippen LogP contribution in [0, 0.1) is 18.2 Å². The summed E-state index contributed by atoms with van der Waals surface area (Å²) in [6.07, 6.45) is -0.454. The Hall–Kier alpha value is -3.95. The van der Waals surface area contributed by atoms with Crippen molar-refractivity contribution in [1.29, 1.82) is 0 Å². The van der Waals surface area contributed by atoms with Crippen LogP contribution in [-0.4, -0.2) is 45.8 Å². The third kappa shape index (κ3) is 5.02. The third-order valence-corrected chi connectivity index (χ3v) is 4.33. The lowest BCUT2D eigenvalue weighted by Crippen LogP contribution is -2.46. The van der Waals surface area contributed by atoms with Crippen molar-refractivity contribution in [3.05, 3.63) is 41.7 Å². The molecule has 32 heavy (non-hydrogen) atoms. The first-order valence-corrected chi connectivity index (χ1v) is 8.97. The Morgan fingerprint density at radius 2 is 2.16 bits per heavy atom. The maximum Gasteiger partial charge on any atom is 0.425 e. The van der Waals surface area contributed by atoms with Gasteiger partial charge in [0.25, 0.3) is 11.9 Å². The Balaban J connectivity index is 1.83. The average Bonchev–Trinajstić information content (AvgIpc) is 2.72. The molecule has 168 valence electrons. The smallest absolute Gasteiger partial charge is 0.425 e. The number of hydrogen-bond acceptors (Lipinski definition) is 8. The van der Waals surface area contributed by atoms with Crippen LogP contribution < -0.4 is 15.8 Å². The van der Waals surface area contributed by atoms with Crippen LogP contribution in [-0.2, 0) is 10.3 Å². The summed E-state index contributed by atoms with van der Waals surface area (Å²) < 4.78 is 63.6. The third-order valence-electron chi connectivity index (χ3n) is 4.33. The van der Waals surface area contributed by atoms with Gasteiger partial charge in [0.15, 0.2) is 12.7 Å². The fraction of sp³-hybridized carbons (Fsp3) is 0.316. The number of ether oxygens (including phenoxy) is 2. The van der Waals surface area contributed by atoms with Gasteiger partial charge in [-0.1, -0.05) is 5.92 Å². The largest absolute Gasteiger partial charge is 0.463 e. The molecule has 3 heterocycles. The number of terminal acetylenes is 1. The Bertz CT molecular complexity index is 1080. The minimum absolute atomic E-state index is 0.0332. The van der Waals surface area contributed by atoms with Gasteiger partial charge in [-0.05, 0) is 19.1 Å². The van der Waals surface area contributed by atoms with E-state index in [1.807, 2.05) is 0 Å². The number of hydrogen-bond donors (Lipinski definition) is 2. The van der Waals surface area contributed by atoms with Crippen LogP contribution >= 0.6 is 0 Å². The average molecular weight is 452 g/mol. The van der Waals surface area contributed by atoms with E-state index in [0.717, 1.165) is 18.3 Å².